The topological polar surface area (TPSA) is 54.4 Å². The molecule has 0 saturated carbocycles. The molecule has 0 saturated heterocycles. The van der Waals surface area contributed by atoms with Gasteiger partial charge in [-0.2, -0.15) is 0 Å². The summed E-state index contributed by atoms with van der Waals surface area (Å²) >= 11 is 0. The van der Waals surface area contributed by atoms with Gasteiger partial charge >= 0.3 is 25.8 Å². The molecule has 0 aliphatic heterocycles. The number of hydrogen-bond donors (Lipinski definition) is 1. The van der Waals surface area contributed by atoms with Gasteiger partial charge < -0.3 is 13.0 Å². The zero-order valence-electron chi connectivity index (χ0n) is 2.96. The quantitative estimate of drug-likeness (QED) is 0.254. The summed E-state index contributed by atoms with van der Waals surface area (Å²) in [5.74, 6) is 0. The Kier molecular flexibility index (Phi) is 26.4. The molecule has 0 aromatic carbocycles. The van der Waals surface area contributed by atoms with Gasteiger partial charge in [-0.15, -0.1) is 0 Å². The van der Waals surface area contributed by atoms with Crippen molar-refractivity contribution in [2.75, 3.05) is 0 Å². The molecular formula is HCaInO3S. The largest absolute Gasteiger partial charge is 1.00 e. The first-order chi connectivity index (χ1) is 1.73. The number of hydrogen-bond acceptors (Lipinski definition) is 3. The minimum absolute atomic E-state index is 0. The molecule has 0 unspecified atom stereocenters. The molecule has 0 rings (SSSR count). The van der Waals surface area contributed by atoms with E-state index in [1.165, 1.54) is 0 Å². The summed E-state index contributed by atoms with van der Waals surface area (Å²) in [5, 5.41) is 0. The normalized spacial score (nSPS) is 5.67. The van der Waals surface area contributed by atoms with Gasteiger partial charge in [0.2, 0.25) is 0 Å². The molecule has 0 atom stereocenters. The van der Waals surface area contributed by atoms with Crippen molar-refractivity contribution in [3.05, 3.63) is 0 Å². The second-order valence-electron chi connectivity index (χ2n) is 0.217. The molecule has 0 heterocycles. The average molecular weight is 236 g/mol. The fraction of sp³-hybridized carbons (Fsp3) is 0. The van der Waals surface area contributed by atoms with Gasteiger partial charge in [0, 0.05) is 48.7 Å². The van der Waals surface area contributed by atoms with Crippen LogP contribution in [-0.4, -0.2) is 68.1 Å². The van der Waals surface area contributed by atoms with Crippen LogP contribution >= 0.6 is 0 Å². The molecule has 6 heavy (non-hydrogen) atoms. The Morgan fingerprint density at radius 3 is 1.33 bits per heavy atom. The molecule has 0 aliphatic rings. The molecule has 0 amide bonds. The number of rotatable bonds is 0. The maximum absolute atomic E-state index is 8.56. The van der Waals surface area contributed by atoms with E-state index in [4.69, 9.17) is 13.0 Å². The van der Waals surface area contributed by atoms with Crippen LogP contribution in [0.5, 0.6) is 0 Å². The molecule has 4 radical (unpaired) electrons. The average Bonchev–Trinajstić information content (AvgIpc) is 0.811. The Bertz CT molecular complexity index is 59.2. The molecule has 0 aromatic rings. The van der Waals surface area contributed by atoms with Crippen LogP contribution in [0, 0.1) is 0 Å². The van der Waals surface area contributed by atoms with E-state index in [1.807, 2.05) is 0 Å². The Balaban J connectivity index is -0.0000000450. The summed E-state index contributed by atoms with van der Waals surface area (Å²) in [7, 11) is -2.86. The summed E-state index contributed by atoms with van der Waals surface area (Å²) < 4.78 is 24.1. The van der Waals surface area contributed by atoms with Gasteiger partial charge in [0.1, 0.15) is 0 Å². The molecule has 1 N–H and O–H groups in total. The van der Waals surface area contributed by atoms with Gasteiger partial charge in [0.05, 0.1) is 0 Å². The summed E-state index contributed by atoms with van der Waals surface area (Å²) in [6, 6.07) is 0. The molecule has 0 fully saturated rings. The smallest absolute Gasteiger partial charge is 0.439 e. The van der Waals surface area contributed by atoms with Crippen LogP contribution in [0.25, 0.3) is 0 Å². The minimum atomic E-state index is -2.86. The summed E-state index contributed by atoms with van der Waals surface area (Å²) in [6.07, 6.45) is 0. The summed E-state index contributed by atoms with van der Waals surface area (Å²) in [5.41, 5.74) is 0. The zero-order valence-corrected chi connectivity index (χ0v) is 9.28. The van der Waals surface area contributed by atoms with Crippen LogP contribution in [0.1, 0.15) is 0 Å². The fourth-order valence-electron chi connectivity index (χ4n) is 0. The van der Waals surface area contributed by atoms with Gasteiger partial charge in [-0.1, -0.05) is 0 Å². The molecule has 0 aliphatic carbocycles. The van der Waals surface area contributed by atoms with E-state index in [9.17, 15) is 0 Å². The first-order valence-corrected chi connectivity index (χ1v) is 1.55. The van der Waals surface area contributed by atoms with Crippen LogP contribution in [0.4, 0.5) is 0 Å². The van der Waals surface area contributed by atoms with Gasteiger partial charge in [-0.3, -0.25) is 0 Å². The van der Waals surface area contributed by atoms with Gasteiger partial charge in [-0.05, 0) is 0 Å². The fourth-order valence-corrected chi connectivity index (χ4v) is 0. The molecule has 30 valence electrons. The summed E-state index contributed by atoms with van der Waals surface area (Å²) in [6.45, 7) is 0. The first-order valence-electron chi connectivity index (χ1n) is 0.516. The van der Waals surface area contributed by atoms with Crippen LogP contribution in [0.2, 0.25) is 0 Å². The van der Waals surface area contributed by atoms with Crippen LogP contribution in [0.15, 0.2) is 0 Å². The predicted octanol–water partition coefficient (Wildman–Crippen LogP) is -0.993. The first kappa shape index (κ1) is 15.7. The van der Waals surface area contributed by atoms with Crippen molar-refractivity contribution >= 4 is 74.6 Å². The zero-order chi connectivity index (χ0) is 3.58. The van der Waals surface area contributed by atoms with Crippen molar-refractivity contribution in [3.63, 3.8) is 0 Å². The van der Waals surface area contributed by atoms with E-state index in [-0.39, 0.29) is 63.6 Å². The van der Waals surface area contributed by atoms with Crippen molar-refractivity contribution in [2.45, 2.75) is 0 Å². The Hall–Kier alpha value is 2.04. The SMILES string of the molecule is O=[S-](=O)O.[Ca].[In+]. The van der Waals surface area contributed by atoms with E-state index in [0.717, 1.165) is 0 Å². The predicted molar refractivity (Wildman–Crippen MR) is 22.9 cm³/mol. The van der Waals surface area contributed by atoms with E-state index < -0.39 is 11.0 Å². The maximum atomic E-state index is 8.56. The minimum Gasteiger partial charge on any atom is -0.439 e. The Morgan fingerprint density at radius 1 is 1.33 bits per heavy atom. The van der Waals surface area contributed by atoms with Gasteiger partial charge in [-0.25, -0.2) is 0 Å². The van der Waals surface area contributed by atoms with E-state index in [1.54, 1.807) is 0 Å². The van der Waals surface area contributed by atoms with Gasteiger partial charge in [0.15, 0.2) is 0 Å². The van der Waals surface area contributed by atoms with Crippen molar-refractivity contribution in [3.8, 4) is 0 Å². The van der Waals surface area contributed by atoms with E-state index in [0.29, 0.717) is 0 Å². The van der Waals surface area contributed by atoms with E-state index >= 15 is 0 Å². The molecular weight excluding hydrogens is 235 g/mol. The molecule has 0 spiro atoms. The standard InChI is InChI=1S/Ca.In.HO3S/c;;1-4(2)3/h;;(H,1,2,3)/q;+1;-1. The van der Waals surface area contributed by atoms with Crippen molar-refractivity contribution < 1.29 is 13.0 Å². The van der Waals surface area contributed by atoms with Crippen molar-refractivity contribution in [1.82, 2.24) is 0 Å². The molecule has 6 heteroatoms. The Morgan fingerprint density at radius 2 is 1.33 bits per heavy atom. The summed E-state index contributed by atoms with van der Waals surface area (Å²) in [4.78, 5) is 0. The molecule has 0 aromatic heterocycles. The second-order valence-corrected chi connectivity index (χ2v) is 0.651. The van der Waals surface area contributed by atoms with Crippen LogP contribution < -0.4 is 0 Å². The third-order valence-corrected chi connectivity index (χ3v) is 0. The van der Waals surface area contributed by atoms with E-state index in [2.05, 4.69) is 0 Å². The second kappa shape index (κ2) is 10.1. The third kappa shape index (κ3) is 36.9. The van der Waals surface area contributed by atoms with Crippen molar-refractivity contribution in [1.29, 1.82) is 0 Å². The van der Waals surface area contributed by atoms with Crippen LogP contribution in [0.3, 0.4) is 0 Å². The molecule has 0 bridgehead atoms. The third-order valence-electron chi connectivity index (χ3n) is 0. The molecule has 3 nitrogen and oxygen atoms in total. The monoisotopic (exact) mass is 236 g/mol. The van der Waals surface area contributed by atoms with Gasteiger partial charge in [0.25, 0.3) is 0 Å². The Labute approximate surface area is 86.1 Å². The van der Waals surface area contributed by atoms with Crippen LogP contribution in [-0.2, 0) is 19.4 Å². The maximum Gasteiger partial charge on any atom is 1.00 e. The van der Waals surface area contributed by atoms with Crippen molar-refractivity contribution in [2.24, 2.45) is 0 Å².